The minimum atomic E-state index is -0.434. The van der Waals surface area contributed by atoms with E-state index in [1.807, 2.05) is 44.2 Å². The monoisotopic (exact) mass is 331 g/mol. The van der Waals surface area contributed by atoms with Gasteiger partial charge in [-0.25, -0.2) is 9.97 Å². The summed E-state index contributed by atoms with van der Waals surface area (Å²) in [5, 5.41) is 0.260. The van der Waals surface area contributed by atoms with E-state index < -0.39 is 5.54 Å². The lowest BCUT2D eigenvalue weighted by atomic mass is 9.97. The second-order valence-corrected chi connectivity index (χ2v) is 6.57. The highest BCUT2D eigenvalue weighted by Crippen LogP contribution is 2.31. The Labute approximate surface area is 140 Å². The first-order valence-corrected chi connectivity index (χ1v) is 7.81. The van der Waals surface area contributed by atoms with Gasteiger partial charge in [-0.3, -0.25) is 4.79 Å². The van der Waals surface area contributed by atoms with Crippen molar-refractivity contribution in [2.45, 2.75) is 25.5 Å². The van der Waals surface area contributed by atoms with Crippen LogP contribution < -0.4 is 0 Å². The van der Waals surface area contributed by atoms with Crippen LogP contribution in [0.1, 0.15) is 36.0 Å². The average molecular weight is 332 g/mol. The molecular formula is C17H18ClN3O2. The summed E-state index contributed by atoms with van der Waals surface area (Å²) in [6.07, 6.45) is 2.61. The number of hydrogen-bond donors (Lipinski definition) is 0. The van der Waals surface area contributed by atoms with Crippen molar-refractivity contribution >= 4 is 17.5 Å². The van der Waals surface area contributed by atoms with Gasteiger partial charge in [0.1, 0.15) is 18.1 Å². The Hall–Kier alpha value is -1.98. The smallest absolute Gasteiger partial charge is 0.274 e. The lowest BCUT2D eigenvalue weighted by molar-refractivity contribution is -0.0848. The molecule has 1 aromatic heterocycles. The summed E-state index contributed by atoms with van der Waals surface area (Å²) < 4.78 is 5.97. The third-order valence-corrected chi connectivity index (χ3v) is 4.28. The number of carbonyl (C=O) groups is 1. The Bertz CT molecular complexity index is 706. The number of nitrogens with zero attached hydrogens (tertiary/aromatic N) is 3. The van der Waals surface area contributed by atoms with Gasteiger partial charge >= 0.3 is 0 Å². The second-order valence-electron chi connectivity index (χ2n) is 6.16. The van der Waals surface area contributed by atoms with E-state index in [0.29, 0.717) is 13.2 Å². The summed E-state index contributed by atoms with van der Waals surface area (Å²) in [5.74, 6) is -0.202. The van der Waals surface area contributed by atoms with Crippen molar-refractivity contribution in [2.24, 2.45) is 0 Å². The highest BCUT2D eigenvalue weighted by Gasteiger charge is 2.39. The van der Waals surface area contributed by atoms with Gasteiger partial charge in [-0.1, -0.05) is 41.9 Å². The van der Waals surface area contributed by atoms with E-state index >= 15 is 0 Å². The maximum Gasteiger partial charge on any atom is 0.274 e. The molecule has 23 heavy (non-hydrogen) atoms. The molecule has 1 atom stereocenters. The van der Waals surface area contributed by atoms with Crippen LogP contribution in [0.2, 0.25) is 5.02 Å². The number of morpholine rings is 1. The molecule has 1 aliphatic heterocycles. The first-order chi connectivity index (χ1) is 11.0. The highest BCUT2D eigenvalue weighted by molar-refractivity contribution is 6.33. The molecule has 3 rings (SSSR count). The molecule has 2 aromatic rings. The highest BCUT2D eigenvalue weighted by atomic mass is 35.5. The number of hydrogen-bond acceptors (Lipinski definition) is 4. The van der Waals surface area contributed by atoms with Crippen molar-refractivity contribution < 1.29 is 9.53 Å². The van der Waals surface area contributed by atoms with E-state index in [9.17, 15) is 4.79 Å². The van der Waals surface area contributed by atoms with Crippen LogP contribution in [0, 0.1) is 0 Å². The van der Waals surface area contributed by atoms with Crippen molar-refractivity contribution in [3.8, 4) is 0 Å². The van der Waals surface area contributed by atoms with E-state index in [4.69, 9.17) is 16.3 Å². The summed E-state index contributed by atoms with van der Waals surface area (Å²) in [7, 11) is 0. The van der Waals surface area contributed by atoms with E-state index in [2.05, 4.69) is 9.97 Å². The predicted molar refractivity (Wildman–Crippen MR) is 87.3 cm³/mol. The number of carbonyl (C=O) groups excluding carboxylic acids is 1. The molecular weight excluding hydrogens is 314 g/mol. The normalized spacial score (nSPS) is 20.3. The van der Waals surface area contributed by atoms with Crippen LogP contribution in [0.15, 0.2) is 42.9 Å². The lowest BCUT2D eigenvalue weighted by Crippen LogP contribution is -2.56. The van der Waals surface area contributed by atoms with Gasteiger partial charge in [0.25, 0.3) is 5.91 Å². The SMILES string of the molecule is CC1(C)CO[C@@H](c2ccccc2)CN1C(=O)c1ncncc1Cl. The van der Waals surface area contributed by atoms with Gasteiger partial charge in [-0.15, -0.1) is 0 Å². The van der Waals surface area contributed by atoms with Crippen LogP contribution in [-0.4, -0.2) is 39.5 Å². The Balaban J connectivity index is 1.89. The maximum atomic E-state index is 12.9. The summed E-state index contributed by atoms with van der Waals surface area (Å²) >= 11 is 6.08. The second kappa shape index (κ2) is 6.26. The average Bonchev–Trinajstić information content (AvgIpc) is 2.55. The number of halogens is 1. The molecule has 0 spiro atoms. The fraction of sp³-hybridized carbons (Fsp3) is 0.353. The fourth-order valence-corrected chi connectivity index (χ4v) is 2.86. The molecule has 0 saturated carbocycles. The van der Waals surface area contributed by atoms with Crippen LogP contribution in [0.3, 0.4) is 0 Å². The van der Waals surface area contributed by atoms with Crippen LogP contribution in [0.5, 0.6) is 0 Å². The van der Waals surface area contributed by atoms with Crippen LogP contribution >= 0.6 is 11.6 Å². The van der Waals surface area contributed by atoms with E-state index in [1.165, 1.54) is 12.5 Å². The minimum absolute atomic E-state index is 0.159. The van der Waals surface area contributed by atoms with Gasteiger partial charge in [0, 0.05) is 6.20 Å². The molecule has 0 bridgehead atoms. The van der Waals surface area contributed by atoms with Crippen LogP contribution in [0.25, 0.3) is 0 Å². The van der Waals surface area contributed by atoms with Gasteiger partial charge in [-0.05, 0) is 19.4 Å². The molecule has 1 aliphatic rings. The van der Waals surface area contributed by atoms with Gasteiger partial charge in [-0.2, -0.15) is 0 Å². The number of benzene rings is 1. The molecule has 1 aromatic carbocycles. The molecule has 0 aliphatic carbocycles. The fourth-order valence-electron chi connectivity index (χ4n) is 2.67. The molecule has 6 heteroatoms. The number of aromatic nitrogens is 2. The van der Waals surface area contributed by atoms with Gasteiger partial charge in [0.2, 0.25) is 0 Å². The molecule has 0 unspecified atom stereocenters. The standard InChI is InChI=1S/C17H18ClN3O2/c1-17(2)10-23-14(12-6-4-3-5-7-12)9-21(17)16(22)15-13(18)8-19-11-20-15/h3-8,11,14H,9-10H2,1-2H3/t14-/m1/s1. The predicted octanol–water partition coefficient (Wildman–Crippen LogP) is 3.12. The zero-order valence-electron chi connectivity index (χ0n) is 13.1. The van der Waals surface area contributed by atoms with Crippen molar-refractivity contribution in [1.82, 2.24) is 14.9 Å². The van der Waals surface area contributed by atoms with Crippen molar-refractivity contribution in [2.75, 3.05) is 13.2 Å². The molecule has 1 fully saturated rings. The van der Waals surface area contributed by atoms with Crippen molar-refractivity contribution in [3.05, 3.63) is 59.1 Å². The van der Waals surface area contributed by atoms with Gasteiger partial charge < -0.3 is 9.64 Å². The summed E-state index contributed by atoms with van der Waals surface area (Å²) in [4.78, 5) is 22.6. The summed E-state index contributed by atoms with van der Waals surface area (Å²) in [6.45, 7) is 4.85. The zero-order chi connectivity index (χ0) is 16.4. The minimum Gasteiger partial charge on any atom is -0.369 e. The van der Waals surface area contributed by atoms with Crippen LogP contribution in [-0.2, 0) is 4.74 Å². The van der Waals surface area contributed by atoms with Gasteiger partial charge in [0.15, 0.2) is 0 Å². The maximum absolute atomic E-state index is 12.9. The zero-order valence-corrected chi connectivity index (χ0v) is 13.8. The Kier molecular flexibility index (Phi) is 4.33. The first-order valence-electron chi connectivity index (χ1n) is 7.43. The molecule has 120 valence electrons. The van der Waals surface area contributed by atoms with E-state index in [-0.39, 0.29) is 22.7 Å². The quantitative estimate of drug-likeness (QED) is 0.848. The number of rotatable bonds is 2. The van der Waals surface area contributed by atoms with Gasteiger partial charge in [0.05, 0.1) is 23.7 Å². The Morgan fingerprint density at radius 3 is 2.78 bits per heavy atom. The first kappa shape index (κ1) is 15.9. The molecule has 1 saturated heterocycles. The summed E-state index contributed by atoms with van der Waals surface area (Å²) in [5.41, 5.74) is 0.842. The number of amides is 1. The Morgan fingerprint density at radius 1 is 1.35 bits per heavy atom. The molecule has 0 N–H and O–H groups in total. The lowest BCUT2D eigenvalue weighted by Gasteiger charge is -2.45. The molecule has 0 radical (unpaired) electrons. The molecule has 1 amide bonds. The van der Waals surface area contributed by atoms with Crippen molar-refractivity contribution in [1.29, 1.82) is 0 Å². The third-order valence-electron chi connectivity index (χ3n) is 4.00. The Morgan fingerprint density at radius 2 is 2.09 bits per heavy atom. The van der Waals surface area contributed by atoms with E-state index in [1.54, 1.807) is 4.90 Å². The van der Waals surface area contributed by atoms with Crippen LogP contribution in [0.4, 0.5) is 0 Å². The number of ether oxygens (including phenoxy) is 1. The largest absolute Gasteiger partial charge is 0.369 e. The molecule has 2 heterocycles. The third kappa shape index (κ3) is 3.21. The summed E-state index contributed by atoms with van der Waals surface area (Å²) in [6, 6.07) is 9.89. The van der Waals surface area contributed by atoms with Crippen molar-refractivity contribution in [3.63, 3.8) is 0 Å². The van der Waals surface area contributed by atoms with E-state index in [0.717, 1.165) is 5.56 Å². The topological polar surface area (TPSA) is 55.3 Å². The molecule has 5 nitrogen and oxygen atoms in total.